The number of hydrogen-bond donors (Lipinski definition) is 2. The molecular weight excluding hydrogens is 705 g/mol. The van der Waals surface area contributed by atoms with Crippen LogP contribution >= 0.6 is 0 Å². The number of nitrogens with zero attached hydrogens (tertiary/aromatic N) is 2. The summed E-state index contributed by atoms with van der Waals surface area (Å²) < 4.78 is 5.05. The van der Waals surface area contributed by atoms with Crippen LogP contribution < -0.4 is 10.6 Å². The van der Waals surface area contributed by atoms with Gasteiger partial charge in [0.05, 0.1) is 33.1 Å². The molecule has 58 heavy (non-hydrogen) atoms. The maximum Gasteiger partial charge on any atom is 0.0626 e. The first-order valence-electron chi connectivity index (χ1n) is 19.9. The van der Waals surface area contributed by atoms with Crippen molar-refractivity contribution in [3.63, 3.8) is 0 Å². The van der Waals surface area contributed by atoms with Crippen molar-refractivity contribution >= 4 is 98.9 Å². The van der Waals surface area contributed by atoms with Crippen LogP contribution in [0.3, 0.4) is 0 Å². The van der Waals surface area contributed by atoms with Gasteiger partial charge >= 0.3 is 0 Å². The van der Waals surface area contributed by atoms with Gasteiger partial charge in [-0.3, -0.25) is 0 Å². The standard InChI is InChI=1S/C54H34N4/c1-3-15-33(16-4-1)55-45-23-11-7-19-35(45)39-27-29-41-37-21-9-13-25-47(37)57-49-32-50-44(31-43(49)51(39)53(41)57)52-40(28-30-42-38-22-10-14-26-48(38)58(50)54(42)52)36-20-8-12-24-46(36)56-34-17-5-2-6-18-34/h1-32,55-56H. The topological polar surface area (TPSA) is 32.9 Å². The Morgan fingerprint density at radius 1 is 0.276 bits per heavy atom. The van der Waals surface area contributed by atoms with Crippen LogP contribution in [-0.4, -0.2) is 8.80 Å². The van der Waals surface area contributed by atoms with E-state index in [1.165, 1.54) is 98.4 Å². The van der Waals surface area contributed by atoms with Crippen molar-refractivity contribution in [2.45, 2.75) is 0 Å². The second-order valence-corrected chi connectivity index (χ2v) is 15.4. The maximum atomic E-state index is 3.75. The fourth-order valence-corrected chi connectivity index (χ4v) is 9.97. The smallest absolute Gasteiger partial charge is 0.0626 e. The van der Waals surface area contributed by atoms with E-state index in [1.807, 2.05) is 0 Å². The van der Waals surface area contributed by atoms with Gasteiger partial charge in [0.15, 0.2) is 0 Å². The van der Waals surface area contributed by atoms with Crippen molar-refractivity contribution in [3.05, 3.63) is 194 Å². The minimum atomic E-state index is 1.07. The Kier molecular flexibility index (Phi) is 6.41. The minimum absolute atomic E-state index is 1.07. The Morgan fingerprint density at radius 3 is 1.17 bits per heavy atom. The number of aromatic nitrogens is 2. The van der Waals surface area contributed by atoms with Crippen molar-refractivity contribution in [1.29, 1.82) is 0 Å². The summed E-state index contributed by atoms with van der Waals surface area (Å²) in [5.74, 6) is 0. The first kappa shape index (κ1) is 31.4. The van der Waals surface area contributed by atoms with Gasteiger partial charge in [-0.15, -0.1) is 0 Å². The van der Waals surface area contributed by atoms with E-state index in [1.54, 1.807) is 0 Å². The van der Waals surface area contributed by atoms with Crippen LogP contribution in [0.2, 0.25) is 0 Å². The molecule has 0 aliphatic carbocycles. The zero-order chi connectivity index (χ0) is 37.9. The Labute approximate surface area is 333 Å². The van der Waals surface area contributed by atoms with Gasteiger partial charge < -0.3 is 19.4 Å². The molecule has 0 unspecified atom stereocenters. The molecule has 4 aromatic heterocycles. The summed E-state index contributed by atoms with van der Waals surface area (Å²) in [4.78, 5) is 0. The van der Waals surface area contributed by atoms with Crippen LogP contribution in [0, 0.1) is 0 Å². The van der Waals surface area contributed by atoms with Gasteiger partial charge in [0, 0.05) is 77.0 Å². The number of para-hydroxylation sites is 6. The highest BCUT2D eigenvalue weighted by atomic mass is 14.9. The molecule has 4 nitrogen and oxygen atoms in total. The largest absolute Gasteiger partial charge is 0.355 e. The minimum Gasteiger partial charge on any atom is -0.355 e. The quantitative estimate of drug-likeness (QED) is 0.178. The highest BCUT2D eigenvalue weighted by Crippen LogP contribution is 2.50. The lowest BCUT2D eigenvalue weighted by atomic mass is 9.94. The molecule has 0 aliphatic heterocycles. The van der Waals surface area contributed by atoms with Gasteiger partial charge in [-0.1, -0.05) is 133 Å². The molecule has 4 heteroatoms. The molecule has 13 aromatic rings. The Hall–Kier alpha value is -7.82. The molecule has 0 atom stereocenters. The zero-order valence-electron chi connectivity index (χ0n) is 31.4. The third kappa shape index (κ3) is 4.29. The van der Waals surface area contributed by atoms with Crippen molar-refractivity contribution in [2.75, 3.05) is 10.6 Å². The number of hydrogen-bond acceptors (Lipinski definition) is 2. The van der Waals surface area contributed by atoms with E-state index >= 15 is 0 Å². The van der Waals surface area contributed by atoms with Crippen molar-refractivity contribution in [1.82, 2.24) is 8.80 Å². The Balaban J connectivity index is 1.18. The zero-order valence-corrected chi connectivity index (χ0v) is 31.4. The molecule has 4 heterocycles. The number of anilines is 4. The van der Waals surface area contributed by atoms with E-state index in [-0.39, 0.29) is 0 Å². The fourth-order valence-electron chi connectivity index (χ4n) is 9.97. The third-order valence-corrected chi connectivity index (χ3v) is 12.3. The second-order valence-electron chi connectivity index (χ2n) is 15.4. The highest BCUT2D eigenvalue weighted by Gasteiger charge is 2.26. The Morgan fingerprint density at radius 2 is 0.690 bits per heavy atom. The molecule has 0 amide bonds. The molecule has 0 saturated heterocycles. The lowest BCUT2D eigenvalue weighted by molar-refractivity contribution is 1.35. The lowest BCUT2D eigenvalue weighted by Crippen LogP contribution is -1.93. The van der Waals surface area contributed by atoms with E-state index < -0.39 is 0 Å². The number of rotatable bonds is 6. The molecule has 0 bridgehead atoms. The van der Waals surface area contributed by atoms with Gasteiger partial charge in [-0.25, -0.2) is 0 Å². The van der Waals surface area contributed by atoms with E-state index in [4.69, 9.17) is 0 Å². The SMILES string of the molecule is c1ccc(Nc2ccccc2-c2ccc3c4ccccc4n4c5cc6c(cc5c2c34)c2c(-c3ccccc3Nc3ccccc3)ccc3c4ccccc4n6c32)cc1. The molecule has 0 fully saturated rings. The molecule has 270 valence electrons. The molecule has 0 spiro atoms. The Bertz CT molecular complexity index is 3480. The van der Waals surface area contributed by atoms with Crippen molar-refractivity contribution < 1.29 is 0 Å². The summed E-state index contributed by atoms with van der Waals surface area (Å²) in [6.45, 7) is 0. The molecule has 2 N–H and O–H groups in total. The monoisotopic (exact) mass is 738 g/mol. The van der Waals surface area contributed by atoms with Gasteiger partial charge in [0.2, 0.25) is 0 Å². The van der Waals surface area contributed by atoms with Crippen LogP contribution in [0.25, 0.3) is 98.4 Å². The summed E-state index contributed by atoms with van der Waals surface area (Å²) in [5.41, 5.74) is 16.5. The average molecular weight is 739 g/mol. The molecule has 9 aromatic carbocycles. The van der Waals surface area contributed by atoms with Crippen LogP contribution in [0.5, 0.6) is 0 Å². The molecule has 13 rings (SSSR count). The third-order valence-electron chi connectivity index (χ3n) is 12.3. The number of fused-ring (bicyclic) bond motifs is 12. The first-order valence-corrected chi connectivity index (χ1v) is 19.9. The van der Waals surface area contributed by atoms with Gasteiger partial charge in [0.1, 0.15) is 0 Å². The molecule has 0 radical (unpaired) electrons. The lowest BCUT2D eigenvalue weighted by Gasteiger charge is -2.14. The predicted molar refractivity (Wildman–Crippen MR) is 246 cm³/mol. The summed E-state index contributed by atoms with van der Waals surface area (Å²) in [5, 5.41) is 17.6. The van der Waals surface area contributed by atoms with Crippen molar-refractivity contribution in [2.24, 2.45) is 0 Å². The van der Waals surface area contributed by atoms with Gasteiger partial charge in [-0.05, 0) is 71.8 Å². The number of nitrogens with one attached hydrogen (secondary N) is 2. The summed E-state index contributed by atoms with van der Waals surface area (Å²) >= 11 is 0. The van der Waals surface area contributed by atoms with E-state index in [0.717, 1.165) is 22.7 Å². The highest BCUT2D eigenvalue weighted by molar-refractivity contribution is 6.33. The summed E-state index contributed by atoms with van der Waals surface area (Å²) in [7, 11) is 0. The maximum absolute atomic E-state index is 3.75. The van der Waals surface area contributed by atoms with Gasteiger partial charge in [-0.2, -0.15) is 0 Å². The second kappa shape index (κ2) is 11.8. The fraction of sp³-hybridized carbons (Fsp3) is 0. The van der Waals surface area contributed by atoms with E-state index in [9.17, 15) is 0 Å². The predicted octanol–water partition coefficient (Wildman–Crippen LogP) is 14.8. The van der Waals surface area contributed by atoms with Crippen LogP contribution in [0.1, 0.15) is 0 Å². The normalized spacial score (nSPS) is 12.1. The van der Waals surface area contributed by atoms with E-state index in [0.29, 0.717) is 0 Å². The van der Waals surface area contributed by atoms with E-state index in [2.05, 4.69) is 214 Å². The molecular formula is C54H34N4. The van der Waals surface area contributed by atoms with Crippen LogP contribution in [0.4, 0.5) is 22.7 Å². The van der Waals surface area contributed by atoms with Gasteiger partial charge in [0.25, 0.3) is 0 Å². The summed E-state index contributed by atoms with van der Waals surface area (Å²) in [6.07, 6.45) is 0. The first-order chi connectivity index (χ1) is 28.8. The van der Waals surface area contributed by atoms with Crippen LogP contribution in [0.15, 0.2) is 194 Å². The molecule has 0 saturated carbocycles. The van der Waals surface area contributed by atoms with Crippen molar-refractivity contribution in [3.8, 4) is 22.3 Å². The average Bonchev–Trinajstić information content (AvgIpc) is 4.00. The summed E-state index contributed by atoms with van der Waals surface area (Å²) in [6, 6.07) is 70.5. The number of benzene rings is 9. The molecule has 0 aliphatic rings. The van der Waals surface area contributed by atoms with Crippen LogP contribution in [-0.2, 0) is 0 Å².